The highest BCUT2D eigenvalue weighted by Gasteiger charge is 2.21. The second kappa shape index (κ2) is 5.64. The molecule has 3 rings (SSSR count). The summed E-state index contributed by atoms with van der Waals surface area (Å²) in [5, 5.41) is 0. The van der Waals surface area contributed by atoms with Gasteiger partial charge < -0.3 is 9.47 Å². The summed E-state index contributed by atoms with van der Waals surface area (Å²) in [5.74, 6) is 2.23. The predicted molar refractivity (Wildman–Crippen MR) is 82.3 cm³/mol. The zero-order chi connectivity index (χ0) is 15.7. The van der Waals surface area contributed by atoms with Crippen LogP contribution in [0.5, 0.6) is 23.0 Å². The van der Waals surface area contributed by atoms with E-state index in [-0.39, 0.29) is 11.6 Å². The van der Waals surface area contributed by atoms with Crippen LogP contribution >= 0.6 is 0 Å². The van der Waals surface area contributed by atoms with Crippen molar-refractivity contribution in [2.45, 2.75) is 26.7 Å². The van der Waals surface area contributed by atoms with Crippen molar-refractivity contribution in [3.8, 4) is 23.0 Å². The summed E-state index contributed by atoms with van der Waals surface area (Å²) in [6.07, 6.45) is 0.886. The Hall–Kier alpha value is -2.62. The Balaban J connectivity index is 1.95. The van der Waals surface area contributed by atoms with Crippen LogP contribution in [0.4, 0.5) is 0 Å². The van der Waals surface area contributed by atoms with Gasteiger partial charge in [0.2, 0.25) is 0 Å². The number of Topliss-reactive ketones (excluding diaryl/α,β-unsaturated/α-hetero) is 2. The van der Waals surface area contributed by atoms with Gasteiger partial charge in [-0.15, -0.1) is 0 Å². The lowest BCUT2D eigenvalue weighted by molar-refractivity contribution is 0.0979. The van der Waals surface area contributed by atoms with Gasteiger partial charge in [0.15, 0.2) is 34.6 Å². The molecule has 0 N–H and O–H groups in total. The number of rotatable bonds is 4. The first kappa shape index (κ1) is 14.3. The number of carbonyl (C=O) groups excluding carboxylic acids is 2. The molecule has 0 bridgehead atoms. The average Bonchev–Trinajstić information content (AvgIpc) is 2.57. The third-order valence-electron chi connectivity index (χ3n) is 3.61. The minimum atomic E-state index is 0.0566. The quantitative estimate of drug-likeness (QED) is 0.651. The van der Waals surface area contributed by atoms with Crippen LogP contribution < -0.4 is 9.47 Å². The van der Waals surface area contributed by atoms with Gasteiger partial charge >= 0.3 is 0 Å². The monoisotopic (exact) mass is 296 g/mol. The van der Waals surface area contributed by atoms with Crippen LogP contribution in [0.15, 0.2) is 36.4 Å². The second-order valence-corrected chi connectivity index (χ2v) is 5.08. The molecular formula is C18H16O4. The smallest absolute Gasteiger partial charge is 0.170 e. The Morgan fingerprint density at radius 1 is 0.727 bits per heavy atom. The normalized spacial score (nSPS) is 11.7. The van der Waals surface area contributed by atoms with Crippen molar-refractivity contribution in [3.05, 3.63) is 47.5 Å². The van der Waals surface area contributed by atoms with Crippen LogP contribution in [-0.4, -0.2) is 11.6 Å². The topological polar surface area (TPSA) is 52.6 Å². The molecule has 0 spiro atoms. The van der Waals surface area contributed by atoms with E-state index in [0.717, 1.165) is 0 Å². The molecule has 0 atom stereocenters. The first-order chi connectivity index (χ1) is 10.6. The summed E-state index contributed by atoms with van der Waals surface area (Å²) < 4.78 is 11.6. The summed E-state index contributed by atoms with van der Waals surface area (Å²) in [7, 11) is 0. The Bertz CT molecular complexity index is 696. The van der Waals surface area contributed by atoms with Crippen molar-refractivity contribution in [3.63, 3.8) is 0 Å². The minimum absolute atomic E-state index is 0.0566. The molecule has 0 amide bonds. The molecular weight excluding hydrogens is 280 g/mol. The number of ketones is 2. The van der Waals surface area contributed by atoms with Crippen LogP contribution in [-0.2, 0) is 0 Å². The lowest BCUT2D eigenvalue weighted by atomic mass is 10.1. The van der Waals surface area contributed by atoms with E-state index in [1.165, 1.54) is 0 Å². The SMILES string of the molecule is CCC(=O)c1ccc2c(c1)Oc1ccc(C(=O)CC)cc1O2. The molecule has 112 valence electrons. The maximum absolute atomic E-state index is 11.8. The predicted octanol–water partition coefficient (Wildman–Crippen LogP) is 4.77. The van der Waals surface area contributed by atoms with Crippen LogP contribution in [0.3, 0.4) is 0 Å². The summed E-state index contributed by atoms with van der Waals surface area (Å²) in [5.41, 5.74) is 1.21. The molecule has 0 unspecified atom stereocenters. The molecule has 1 heterocycles. The molecule has 0 saturated heterocycles. The molecule has 22 heavy (non-hydrogen) atoms. The van der Waals surface area contributed by atoms with Gasteiger partial charge in [-0.05, 0) is 36.4 Å². The zero-order valence-corrected chi connectivity index (χ0v) is 12.5. The lowest BCUT2D eigenvalue weighted by Gasteiger charge is -2.21. The van der Waals surface area contributed by atoms with Crippen LogP contribution in [0, 0.1) is 0 Å². The Labute approximate surface area is 128 Å². The molecule has 0 fully saturated rings. The number of carbonyl (C=O) groups is 2. The molecule has 2 aromatic rings. The fourth-order valence-electron chi connectivity index (χ4n) is 2.34. The Kier molecular flexibility index (Phi) is 3.67. The van der Waals surface area contributed by atoms with Crippen molar-refractivity contribution in [2.24, 2.45) is 0 Å². The Morgan fingerprint density at radius 3 is 1.50 bits per heavy atom. The fourth-order valence-corrected chi connectivity index (χ4v) is 2.34. The van der Waals surface area contributed by atoms with Gasteiger partial charge in [0.05, 0.1) is 0 Å². The summed E-state index contributed by atoms with van der Waals surface area (Å²) in [6.45, 7) is 3.64. The second-order valence-electron chi connectivity index (χ2n) is 5.08. The maximum Gasteiger partial charge on any atom is 0.170 e. The molecule has 0 aliphatic carbocycles. The molecule has 4 nitrogen and oxygen atoms in total. The van der Waals surface area contributed by atoms with Crippen molar-refractivity contribution in [1.29, 1.82) is 0 Å². The van der Waals surface area contributed by atoms with E-state index in [2.05, 4.69) is 0 Å². The molecule has 4 heteroatoms. The number of hydrogen-bond acceptors (Lipinski definition) is 4. The van der Waals surface area contributed by atoms with E-state index in [1.807, 2.05) is 13.8 Å². The van der Waals surface area contributed by atoms with Crippen molar-refractivity contribution in [1.82, 2.24) is 0 Å². The van der Waals surface area contributed by atoms with Gasteiger partial charge in [0.1, 0.15) is 0 Å². The van der Waals surface area contributed by atoms with E-state index < -0.39 is 0 Å². The fraction of sp³-hybridized carbons (Fsp3) is 0.222. The van der Waals surface area contributed by atoms with E-state index in [0.29, 0.717) is 47.0 Å². The highest BCUT2D eigenvalue weighted by atomic mass is 16.6. The molecule has 1 aliphatic heterocycles. The van der Waals surface area contributed by atoms with Gasteiger partial charge in [0.25, 0.3) is 0 Å². The van der Waals surface area contributed by atoms with Gasteiger partial charge in [-0.2, -0.15) is 0 Å². The van der Waals surface area contributed by atoms with Crippen LogP contribution in [0.1, 0.15) is 47.4 Å². The van der Waals surface area contributed by atoms with Gasteiger partial charge in [-0.25, -0.2) is 0 Å². The van der Waals surface area contributed by atoms with E-state index >= 15 is 0 Å². The number of ether oxygens (including phenoxy) is 2. The number of benzene rings is 2. The third kappa shape index (κ3) is 2.48. The minimum Gasteiger partial charge on any atom is -0.449 e. The third-order valence-corrected chi connectivity index (χ3v) is 3.61. The first-order valence-electron chi connectivity index (χ1n) is 7.32. The van der Waals surface area contributed by atoms with Gasteiger partial charge in [0, 0.05) is 24.0 Å². The van der Waals surface area contributed by atoms with Gasteiger partial charge in [-0.1, -0.05) is 13.8 Å². The summed E-state index contributed by atoms with van der Waals surface area (Å²) in [6, 6.07) is 10.3. The van der Waals surface area contributed by atoms with Crippen LogP contribution in [0.2, 0.25) is 0 Å². The molecule has 0 aromatic heterocycles. The van der Waals surface area contributed by atoms with Crippen molar-refractivity contribution >= 4 is 11.6 Å². The van der Waals surface area contributed by atoms with E-state index in [1.54, 1.807) is 36.4 Å². The van der Waals surface area contributed by atoms with E-state index in [9.17, 15) is 9.59 Å². The molecule has 1 aliphatic rings. The highest BCUT2D eigenvalue weighted by molar-refractivity contribution is 5.97. The molecule has 2 aromatic carbocycles. The van der Waals surface area contributed by atoms with E-state index in [4.69, 9.17) is 9.47 Å². The summed E-state index contributed by atoms with van der Waals surface area (Å²) in [4.78, 5) is 23.5. The molecule has 0 radical (unpaired) electrons. The summed E-state index contributed by atoms with van der Waals surface area (Å²) >= 11 is 0. The largest absolute Gasteiger partial charge is 0.449 e. The maximum atomic E-state index is 11.8. The van der Waals surface area contributed by atoms with Gasteiger partial charge in [-0.3, -0.25) is 9.59 Å². The van der Waals surface area contributed by atoms with Crippen molar-refractivity contribution < 1.29 is 19.1 Å². The molecule has 0 saturated carbocycles. The van der Waals surface area contributed by atoms with Crippen LogP contribution in [0.25, 0.3) is 0 Å². The lowest BCUT2D eigenvalue weighted by Crippen LogP contribution is -2.04. The van der Waals surface area contributed by atoms with Crippen molar-refractivity contribution in [2.75, 3.05) is 0 Å². The standard InChI is InChI=1S/C18H16O4/c1-3-13(19)11-5-7-15-17(9-11)21-16-8-6-12(14(20)4-2)10-18(16)22-15/h5-10H,3-4H2,1-2H3. The zero-order valence-electron chi connectivity index (χ0n) is 12.5. The number of hydrogen-bond donors (Lipinski definition) is 0. The highest BCUT2D eigenvalue weighted by Crippen LogP contribution is 2.45. The first-order valence-corrected chi connectivity index (χ1v) is 7.32. The Morgan fingerprint density at radius 2 is 1.14 bits per heavy atom. The number of fused-ring (bicyclic) bond motifs is 2. The average molecular weight is 296 g/mol.